The molecule has 2 aromatic carbocycles. The van der Waals surface area contributed by atoms with Crippen molar-refractivity contribution in [2.45, 2.75) is 37.7 Å². The van der Waals surface area contributed by atoms with Crippen LogP contribution in [0.5, 0.6) is 0 Å². The lowest BCUT2D eigenvalue weighted by atomic mass is 9.71. The lowest BCUT2D eigenvalue weighted by Crippen LogP contribution is -2.67. The number of benzene rings is 2. The Bertz CT molecular complexity index is 1150. The molecule has 3 aromatic rings. The van der Waals surface area contributed by atoms with Gasteiger partial charge in [0.2, 0.25) is 0 Å². The fourth-order valence-corrected chi connectivity index (χ4v) is 6.13. The highest BCUT2D eigenvalue weighted by Crippen LogP contribution is 2.48. The summed E-state index contributed by atoms with van der Waals surface area (Å²) in [5.74, 6) is 0.827. The Hall–Kier alpha value is -2.70. The average Bonchev–Trinajstić information content (AvgIpc) is 2.83. The number of nitrogens with zero attached hydrogens (tertiary/aromatic N) is 2. The van der Waals surface area contributed by atoms with E-state index >= 15 is 0 Å². The number of quaternary nitrogens is 1. The highest BCUT2D eigenvalue weighted by molar-refractivity contribution is 5.82. The summed E-state index contributed by atoms with van der Waals surface area (Å²) < 4.78 is 39.8. The maximum Gasteiger partial charge on any atom is 0.416 e. The summed E-state index contributed by atoms with van der Waals surface area (Å²) in [5, 5.41) is 12.6. The number of piperidine rings is 3. The number of aromatic nitrogens is 1. The van der Waals surface area contributed by atoms with Crippen LogP contribution in [-0.4, -0.2) is 33.7 Å². The number of halogens is 3. The van der Waals surface area contributed by atoms with E-state index in [0.717, 1.165) is 60.1 Å². The second-order valence-corrected chi connectivity index (χ2v) is 9.59. The minimum absolute atomic E-state index is 0.0342. The molecule has 1 aromatic heterocycles. The summed E-state index contributed by atoms with van der Waals surface area (Å²) in [5.41, 5.74) is 1.96. The third kappa shape index (κ3) is 3.96. The van der Waals surface area contributed by atoms with Crippen molar-refractivity contribution >= 4 is 10.9 Å². The fraction of sp³-hybridized carbons (Fsp3) is 0.370. The van der Waals surface area contributed by atoms with E-state index in [2.05, 4.69) is 11.6 Å². The highest BCUT2D eigenvalue weighted by Gasteiger charge is 2.54. The predicted molar refractivity (Wildman–Crippen MR) is 122 cm³/mol. The SMILES string of the molecule is C=C[C@H]1C[N@+]2(Cc3ccc(C(F)(F)F)cc3)CC[C@H]1C[C@@H]2[C@H](O)c1ccnc2ccccc12. The minimum Gasteiger partial charge on any atom is -0.382 e. The van der Waals surface area contributed by atoms with Crippen molar-refractivity contribution in [1.29, 1.82) is 0 Å². The van der Waals surface area contributed by atoms with Gasteiger partial charge >= 0.3 is 6.18 Å². The first-order valence-corrected chi connectivity index (χ1v) is 11.5. The van der Waals surface area contributed by atoms with Crippen LogP contribution < -0.4 is 0 Å². The maximum atomic E-state index is 13.1. The molecular formula is C27H28F3N2O+. The molecule has 2 bridgehead atoms. The summed E-state index contributed by atoms with van der Waals surface area (Å²) in [6.07, 6.45) is 0.648. The summed E-state index contributed by atoms with van der Waals surface area (Å²) in [6, 6.07) is 15.2. The molecule has 0 radical (unpaired) electrons. The number of rotatable bonds is 5. The van der Waals surface area contributed by atoms with Crippen LogP contribution in [-0.2, 0) is 12.7 Å². The van der Waals surface area contributed by atoms with Crippen molar-refractivity contribution in [2.75, 3.05) is 13.1 Å². The predicted octanol–water partition coefficient (Wildman–Crippen LogP) is 5.90. The number of aliphatic hydroxyl groups is 1. The average molecular weight is 454 g/mol. The van der Waals surface area contributed by atoms with E-state index in [1.165, 1.54) is 0 Å². The summed E-state index contributed by atoms with van der Waals surface area (Å²) in [6.45, 7) is 6.39. The van der Waals surface area contributed by atoms with Gasteiger partial charge < -0.3 is 9.59 Å². The smallest absolute Gasteiger partial charge is 0.382 e. The monoisotopic (exact) mass is 453 g/mol. The van der Waals surface area contributed by atoms with Gasteiger partial charge in [0.15, 0.2) is 0 Å². The fourth-order valence-electron chi connectivity index (χ4n) is 6.13. The number of para-hydroxylation sites is 1. The molecule has 4 heterocycles. The molecule has 0 spiro atoms. The van der Waals surface area contributed by atoms with Crippen LogP contribution in [0.4, 0.5) is 13.2 Å². The molecule has 3 aliphatic rings. The first-order chi connectivity index (χ1) is 15.8. The Labute approximate surface area is 191 Å². The molecule has 172 valence electrons. The first-order valence-electron chi connectivity index (χ1n) is 11.5. The molecule has 3 aliphatic heterocycles. The third-order valence-corrected chi connectivity index (χ3v) is 7.82. The Morgan fingerprint density at radius 2 is 1.88 bits per heavy atom. The van der Waals surface area contributed by atoms with Crippen molar-refractivity contribution in [3.05, 3.63) is 90.1 Å². The molecule has 33 heavy (non-hydrogen) atoms. The molecule has 0 aliphatic carbocycles. The number of pyridine rings is 1. The van der Waals surface area contributed by atoms with Gasteiger partial charge in [-0.3, -0.25) is 4.98 Å². The second-order valence-electron chi connectivity index (χ2n) is 9.59. The number of hydrogen-bond donors (Lipinski definition) is 1. The zero-order valence-electron chi connectivity index (χ0n) is 18.4. The van der Waals surface area contributed by atoms with Crippen LogP contribution >= 0.6 is 0 Å². The van der Waals surface area contributed by atoms with E-state index in [0.29, 0.717) is 22.9 Å². The standard InChI is InChI=1S/C27H28F3N2O/c1-2-19-17-32(16-18-7-9-21(10-8-18)27(28,29)30)14-12-20(19)15-25(32)26(33)23-11-13-31-24-6-4-3-5-22(23)24/h2-11,13,19-20,25-26,33H,1,12,14-17H2/q+1/t19-,20-,25+,26+,32+/m0/s1. The van der Waals surface area contributed by atoms with Gasteiger partial charge in [-0.1, -0.05) is 36.4 Å². The van der Waals surface area contributed by atoms with Gasteiger partial charge in [-0.15, -0.1) is 6.58 Å². The van der Waals surface area contributed by atoms with E-state index < -0.39 is 17.8 Å². The van der Waals surface area contributed by atoms with Gasteiger partial charge in [-0.05, 0) is 35.7 Å². The molecular weight excluding hydrogens is 425 g/mol. The van der Waals surface area contributed by atoms with Gasteiger partial charge in [0.25, 0.3) is 0 Å². The van der Waals surface area contributed by atoms with Crippen LogP contribution in [0, 0.1) is 11.8 Å². The second kappa shape index (κ2) is 8.26. The molecule has 3 nitrogen and oxygen atoms in total. The van der Waals surface area contributed by atoms with Gasteiger partial charge in [0.05, 0.1) is 24.2 Å². The minimum atomic E-state index is -4.34. The van der Waals surface area contributed by atoms with E-state index in [4.69, 9.17) is 0 Å². The summed E-state index contributed by atoms with van der Waals surface area (Å²) in [4.78, 5) is 4.43. The number of fused-ring (bicyclic) bond motifs is 4. The number of hydrogen-bond acceptors (Lipinski definition) is 2. The van der Waals surface area contributed by atoms with E-state index in [-0.39, 0.29) is 6.04 Å². The topological polar surface area (TPSA) is 33.1 Å². The molecule has 3 saturated heterocycles. The highest BCUT2D eigenvalue weighted by atomic mass is 19.4. The van der Waals surface area contributed by atoms with Crippen LogP contribution in [0.25, 0.3) is 10.9 Å². The maximum absolute atomic E-state index is 13.1. The molecule has 0 unspecified atom stereocenters. The molecule has 1 N–H and O–H groups in total. The van der Waals surface area contributed by atoms with Crippen LogP contribution in [0.15, 0.2) is 73.4 Å². The summed E-state index contributed by atoms with van der Waals surface area (Å²) in [7, 11) is 0. The third-order valence-electron chi connectivity index (χ3n) is 7.82. The van der Waals surface area contributed by atoms with Crippen LogP contribution in [0.1, 0.15) is 35.6 Å². The zero-order chi connectivity index (χ0) is 23.2. The Balaban J connectivity index is 1.51. The van der Waals surface area contributed by atoms with Crippen molar-refractivity contribution in [3.8, 4) is 0 Å². The van der Waals surface area contributed by atoms with Crippen molar-refractivity contribution in [1.82, 2.24) is 4.98 Å². The molecule has 0 saturated carbocycles. The van der Waals surface area contributed by atoms with Crippen molar-refractivity contribution in [2.24, 2.45) is 11.8 Å². The van der Waals surface area contributed by atoms with Crippen LogP contribution in [0.3, 0.4) is 0 Å². The Kier molecular flexibility index (Phi) is 5.53. The van der Waals surface area contributed by atoms with Crippen molar-refractivity contribution in [3.63, 3.8) is 0 Å². The molecule has 5 atom stereocenters. The van der Waals surface area contributed by atoms with Gasteiger partial charge in [-0.25, -0.2) is 0 Å². The number of alkyl halides is 3. The molecule has 6 heteroatoms. The summed E-state index contributed by atoms with van der Waals surface area (Å²) >= 11 is 0. The van der Waals surface area contributed by atoms with E-state index in [1.807, 2.05) is 36.4 Å². The van der Waals surface area contributed by atoms with Gasteiger partial charge in [0, 0.05) is 35.9 Å². The molecule has 6 rings (SSSR count). The lowest BCUT2D eigenvalue weighted by molar-refractivity contribution is -0.984. The number of aliphatic hydroxyl groups excluding tert-OH is 1. The first kappa shape index (κ1) is 22.1. The zero-order valence-corrected chi connectivity index (χ0v) is 18.4. The normalized spacial score (nSPS) is 28.1. The Morgan fingerprint density at radius 3 is 2.61 bits per heavy atom. The largest absolute Gasteiger partial charge is 0.416 e. The Morgan fingerprint density at radius 1 is 1.12 bits per heavy atom. The van der Waals surface area contributed by atoms with Gasteiger partial charge in [-0.2, -0.15) is 13.2 Å². The van der Waals surface area contributed by atoms with Gasteiger partial charge in [0.1, 0.15) is 18.7 Å². The molecule has 3 fully saturated rings. The van der Waals surface area contributed by atoms with Crippen LogP contribution in [0.2, 0.25) is 0 Å². The van der Waals surface area contributed by atoms with E-state index in [9.17, 15) is 18.3 Å². The molecule has 0 amide bonds. The van der Waals surface area contributed by atoms with Crippen molar-refractivity contribution < 1.29 is 22.8 Å². The quantitative estimate of drug-likeness (QED) is 0.386. The van der Waals surface area contributed by atoms with E-state index in [1.54, 1.807) is 18.3 Å². The lowest BCUT2D eigenvalue weighted by Gasteiger charge is -2.58.